The van der Waals surface area contributed by atoms with E-state index in [2.05, 4.69) is 5.32 Å². The predicted octanol–water partition coefficient (Wildman–Crippen LogP) is 2.24. The van der Waals surface area contributed by atoms with Gasteiger partial charge < -0.3 is 15.0 Å². The van der Waals surface area contributed by atoms with Crippen molar-refractivity contribution in [2.75, 3.05) is 32.8 Å². The Balaban J connectivity index is 1.68. The zero-order chi connectivity index (χ0) is 14.7. The summed E-state index contributed by atoms with van der Waals surface area (Å²) in [5, 5.41) is 4.22. The van der Waals surface area contributed by atoms with Gasteiger partial charge >= 0.3 is 0 Å². The van der Waals surface area contributed by atoms with Crippen LogP contribution in [0, 0.1) is 5.92 Å². The first-order valence-corrected chi connectivity index (χ1v) is 7.98. The quantitative estimate of drug-likeness (QED) is 0.911. The summed E-state index contributed by atoms with van der Waals surface area (Å²) in [5.41, 5.74) is 1.07. The third-order valence-electron chi connectivity index (χ3n) is 4.34. The minimum absolute atomic E-state index is 0.122. The van der Waals surface area contributed by atoms with Crippen molar-refractivity contribution in [3.05, 3.63) is 34.9 Å². The Kier molecular flexibility index (Phi) is 4.78. The van der Waals surface area contributed by atoms with E-state index >= 15 is 0 Å². The van der Waals surface area contributed by atoms with Crippen LogP contribution in [-0.2, 0) is 9.53 Å². The van der Waals surface area contributed by atoms with Crippen LogP contribution in [0.4, 0.5) is 0 Å². The molecule has 0 bridgehead atoms. The highest BCUT2D eigenvalue weighted by Crippen LogP contribution is 2.26. The van der Waals surface area contributed by atoms with E-state index in [4.69, 9.17) is 16.3 Å². The van der Waals surface area contributed by atoms with Crippen LogP contribution in [-0.4, -0.2) is 43.7 Å². The van der Waals surface area contributed by atoms with Gasteiger partial charge in [-0.2, -0.15) is 0 Å². The Labute approximate surface area is 130 Å². The third kappa shape index (κ3) is 3.39. The average Bonchev–Trinajstić information content (AvgIpc) is 2.55. The maximum atomic E-state index is 12.6. The number of nitrogens with zero attached hydrogens (tertiary/aromatic N) is 1. The number of hydrogen-bond donors (Lipinski definition) is 1. The van der Waals surface area contributed by atoms with E-state index < -0.39 is 0 Å². The zero-order valence-electron chi connectivity index (χ0n) is 12.1. The van der Waals surface area contributed by atoms with Crippen molar-refractivity contribution in [3.63, 3.8) is 0 Å². The van der Waals surface area contributed by atoms with Crippen LogP contribution in [0.25, 0.3) is 0 Å². The van der Waals surface area contributed by atoms with Gasteiger partial charge in [0.2, 0.25) is 5.91 Å². The molecule has 2 heterocycles. The SMILES string of the molecule is O=C(C1CCOCC1)N1CCNC(c2ccccc2Cl)C1. The topological polar surface area (TPSA) is 41.6 Å². The lowest BCUT2D eigenvalue weighted by molar-refractivity contribution is -0.139. The predicted molar refractivity (Wildman–Crippen MR) is 82.3 cm³/mol. The van der Waals surface area contributed by atoms with E-state index in [1.54, 1.807) is 0 Å². The van der Waals surface area contributed by atoms with Crippen LogP contribution in [0.5, 0.6) is 0 Å². The van der Waals surface area contributed by atoms with E-state index in [0.29, 0.717) is 19.8 Å². The number of benzene rings is 1. The monoisotopic (exact) mass is 308 g/mol. The number of carbonyl (C=O) groups is 1. The lowest BCUT2D eigenvalue weighted by Gasteiger charge is -2.37. The fraction of sp³-hybridized carbons (Fsp3) is 0.562. The molecule has 1 amide bonds. The van der Waals surface area contributed by atoms with Gasteiger partial charge in [0.25, 0.3) is 0 Å². The molecular weight excluding hydrogens is 288 g/mol. The summed E-state index contributed by atoms with van der Waals surface area (Å²) < 4.78 is 5.34. The summed E-state index contributed by atoms with van der Waals surface area (Å²) in [4.78, 5) is 14.6. The molecule has 0 radical (unpaired) electrons. The summed E-state index contributed by atoms with van der Waals surface area (Å²) in [5.74, 6) is 0.403. The summed E-state index contributed by atoms with van der Waals surface area (Å²) >= 11 is 6.27. The van der Waals surface area contributed by atoms with Crippen LogP contribution >= 0.6 is 11.6 Å². The van der Waals surface area contributed by atoms with Crippen molar-refractivity contribution in [1.82, 2.24) is 10.2 Å². The lowest BCUT2D eigenvalue weighted by Crippen LogP contribution is -2.50. The molecule has 2 aliphatic rings. The fourth-order valence-corrected chi connectivity index (χ4v) is 3.39. The largest absolute Gasteiger partial charge is 0.381 e. The molecule has 2 fully saturated rings. The third-order valence-corrected chi connectivity index (χ3v) is 4.68. The van der Waals surface area contributed by atoms with Crippen LogP contribution in [0.15, 0.2) is 24.3 Å². The Morgan fingerprint density at radius 1 is 1.29 bits per heavy atom. The van der Waals surface area contributed by atoms with Crippen LogP contribution in [0.1, 0.15) is 24.4 Å². The van der Waals surface area contributed by atoms with E-state index in [9.17, 15) is 4.79 Å². The van der Waals surface area contributed by atoms with Gasteiger partial charge in [0.05, 0.1) is 6.04 Å². The number of rotatable bonds is 2. The van der Waals surface area contributed by atoms with Crippen molar-refractivity contribution in [1.29, 1.82) is 0 Å². The molecular formula is C16H21ClN2O2. The van der Waals surface area contributed by atoms with E-state index in [0.717, 1.165) is 36.5 Å². The highest BCUT2D eigenvalue weighted by molar-refractivity contribution is 6.31. The van der Waals surface area contributed by atoms with Crippen molar-refractivity contribution >= 4 is 17.5 Å². The summed E-state index contributed by atoms with van der Waals surface area (Å²) in [6, 6.07) is 7.97. The van der Waals surface area contributed by atoms with Crippen LogP contribution < -0.4 is 5.32 Å². The van der Waals surface area contributed by atoms with Gasteiger partial charge in [-0.1, -0.05) is 29.8 Å². The molecule has 2 saturated heterocycles. The van der Waals surface area contributed by atoms with Gasteiger partial charge in [0.1, 0.15) is 0 Å². The molecule has 1 unspecified atom stereocenters. The Morgan fingerprint density at radius 3 is 2.81 bits per heavy atom. The molecule has 0 aromatic heterocycles. The number of hydrogen-bond acceptors (Lipinski definition) is 3. The lowest BCUT2D eigenvalue weighted by atomic mass is 9.97. The molecule has 5 heteroatoms. The maximum Gasteiger partial charge on any atom is 0.225 e. The van der Waals surface area contributed by atoms with Gasteiger partial charge in [-0.25, -0.2) is 0 Å². The second-order valence-corrected chi connectivity index (χ2v) is 6.11. The average molecular weight is 309 g/mol. The number of halogens is 1. The van der Waals surface area contributed by atoms with Crippen molar-refractivity contribution < 1.29 is 9.53 Å². The second kappa shape index (κ2) is 6.77. The molecule has 4 nitrogen and oxygen atoms in total. The maximum absolute atomic E-state index is 12.6. The minimum atomic E-state index is 0.122. The van der Waals surface area contributed by atoms with E-state index in [1.807, 2.05) is 29.2 Å². The minimum Gasteiger partial charge on any atom is -0.381 e. The number of nitrogens with one attached hydrogen (secondary N) is 1. The molecule has 1 aromatic rings. The Hall–Kier alpha value is -1.10. The molecule has 0 saturated carbocycles. The first kappa shape index (κ1) is 14.8. The fourth-order valence-electron chi connectivity index (χ4n) is 3.12. The molecule has 3 rings (SSSR count). The van der Waals surface area contributed by atoms with Crippen LogP contribution in [0.2, 0.25) is 5.02 Å². The highest BCUT2D eigenvalue weighted by atomic mass is 35.5. The van der Waals surface area contributed by atoms with Gasteiger partial charge in [-0.05, 0) is 24.5 Å². The number of ether oxygens (including phenoxy) is 1. The number of carbonyl (C=O) groups excluding carboxylic acids is 1. The number of amides is 1. The first-order chi connectivity index (χ1) is 10.3. The van der Waals surface area contributed by atoms with Crippen LogP contribution in [0.3, 0.4) is 0 Å². The van der Waals surface area contributed by atoms with E-state index in [1.165, 1.54) is 0 Å². The normalized spacial score (nSPS) is 24.0. The molecule has 1 aromatic carbocycles. The van der Waals surface area contributed by atoms with Crippen molar-refractivity contribution in [2.45, 2.75) is 18.9 Å². The Bertz CT molecular complexity index is 503. The van der Waals surface area contributed by atoms with Crippen molar-refractivity contribution in [2.24, 2.45) is 5.92 Å². The van der Waals surface area contributed by atoms with Crippen molar-refractivity contribution in [3.8, 4) is 0 Å². The standard InChI is InChI=1S/C16H21ClN2O2/c17-14-4-2-1-3-13(14)15-11-19(8-7-18-15)16(20)12-5-9-21-10-6-12/h1-4,12,15,18H,5-11H2. The summed E-state index contributed by atoms with van der Waals surface area (Å²) in [7, 11) is 0. The van der Waals surface area contributed by atoms with Gasteiger partial charge in [0, 0.05) is 43.8 Å². The molecule has 1 N–H and O–H groups in total. The molecule has 21 heavy (non-hydrogen) atoms. The molecule has 1 atom stereocenters. The molecule has 2 aliphatic heterocycles. The van der Waals surface area contributed by atoms with E-state index in [-0.39, 0.29) is 17.9 Å². The molecule has 0 aliphatic carbocycles. The first-order valence-electron chi connectivity index (χ1n) is 7.60. The number of piperazine rings is 1. The molecule has 114 valence electrons. The zero-order valence-corrected chi connectivity index (χ0v) is 12.8. The van der Waals surface area contributed by atoms with Gasteiger partial charge in [-0.3, -0.25) is 4.79 Å². The second-order valence-electron chi connectivity index (χ2n) is 5.70. The molecule has 0 spiro atoms. The van der Waals surface area contributed by atoms with Gasteiger partial charge in [0.15, 0.2) is 0 Å². The van der Waals surface area contributed by atoms with Gasteiger partial charge in [-0.15, -0.1) is 0 Å². The highest BCUT2D eigenvalue weighted by Gasteiger charge is 2.30. The summed E-state index contributed by atoms with van der Waals surface area (Å²) in [6.07, 6.45) is 1.69. The Morgan fingerprint density at radius 2 is 2.05 bits per heavy atom. The smallest absolute Gasteiger partial charge is 0.225 e. The summed E-state index contributed by atoms with van der Waals surface area (Å²) in [6.45, 7) is 3.69.